The van der Waals surface area contributed by atoms with Crippen molar-refractivity contribution >= 4 is 0 Å². The molecular weight excluding hydrogens is 238 g/mol. The van der Waals surface area contributed by atoms with Crippen molar-refractivity contribution in [3.05, 3.63) is 60.7 Å². The lowest BCUT2D eigenvalue weighted by atomic mass is 10.3. The molecule has 0 amide bonds. The maximum atomic E-state index is 5.60. The van der Waals surface area contributed by atoms with Crippen LogP contribution in [0.1, 0.15) is 6.92 Å². The number of ether oxygens (including phenoxy) is 2. The van der Waals surface area contributed by atoms with Crippen molar-refractivity contribution in [3.63, 3.8) is 0 Å². The third-order valence-electron chi connectivity index (χ3n) is 2.09. The van der Waals surface area contributed by atoms with E-state index in [4.69, 9.17) is 9.47 Å². The number of hydrogen-bond acceptors (Lipinski definition) is 3. The molecule has 102 valence electrons. The zero-order valence-electron chi connectivity index (χ0n) is 11.7. The maximum Gasteiger partial charge on any atom is 0.238 e. The van der Waals surface area contributed by atoms with Gasteiger partial charge in [-0.2, -0.15) is 0 Å². The Hall–Kier alpha value is -2.00. The van der Waals surface area contributed by atoms with Crippen LogP contribution in [-0.4, -0.2) is 20.4 Å². The Morgan fingerprint density at radius 2 is 1.05 bits per heavy atom. The van der Waals surface area contributed by atoms with Crippen LogP contribution in [0.25, 0.3) is 0 Å². The van der Waals surface area contributed by atoms with Crippen LogP contribution in [0.5, 0.6) is 11.5 Å². The summed E-state index contributed by atoms with van der Waals surface area (Å²) in [5.74, 6) is 1.62. The summed E-state index contributed by atoms with van der Waals surface area (Å²) in [6.07, 6.45) is -0.301. The first kappa shape index (κ1) is 15.1. The molecule has 0 spiro atoms. The van der Waals surface area contributed by atoms with Gasteiger partial charge in [0.1, 0.15) is 11.5 Å². The maximum absolute atomic E-state index is 5.60. The molecule has 19 heavy (non-hydrogen) atoms. The van der Waals surface area contributed by atoms with E-state index < -0.39 is 0 Å². The van der Waals surface area contributed by atoms with E-state index in [2.05, 4.69) is 5.32 Å². The van der Waals surface area contributed by atoms with Gasteiger partial charge in [0.25, 0.3) is 0 Å². The highest BCUT2D eigenvalue weighted by molar-refractivity contribution is 5.22. The van der Waals surface area contributed by atoms with Crippen LogP contribution in [0.2, 0.25) is 0 Å². The average Bonchev–Trinajstić information content (AvgIpc) is 2.41. The van der Waals surface area contributed by atoms with Crippen molar-refractivity contribution in [3.8, 4) is 11.5 Å². The van der Waals surface area contributed by atoms with Crippen molar-refractivity contribution in [1.82, 2.24) is 5.32 Å². The van der Waals surface area contributed by atoms with Crippen LogP contribution >= 0.6 is 0 Å². The molecule has 0 saturated heterocycles. The Bertz CT molecular complexity index is 390. The van der Waals surface area contributed by atoms with E-state index in [-0.39, 0.29) is 6.29 Å². The summed E-state index contributed by atoms with van der Waals surface area (Å²) in [6.45, 7) is 1.88. The van der Waals surface area contributed by atoms with Crippen molar-refractivity contribution < 1.29 is 9.47 Å². The summed E-state index contributed by atoms with van der Waals surface area (Å²) in [5, 5.41) is 2.75. The predicted octanol–water partition coefficient (Wildman–Crippen LogP) is 3.33. The first-order valence-corrected chi connectivity index (χ1v) is 6.28. The summed E-state index contributed by atoms with van der Waals surface area (Å²) in [7, 11) is 3.75. The zero-order chi connectivity index (χ0) is 13.9. The molecule has 2 rings (SSSR count). The van der Waals surface area contributed by atoms with Gasteiger partial charge in [0.05, 0.1) is 0 Å². The number of nitrogens with one attached hydrogen (secondary N) is 1. The largest absolute Gasteiger partial charge is 0.455 e. The molecule has 2 aromatic rings. The van der Waals surface area contributed by atoms with Gasteiger partial charge in [-0.25, -0.2) is 0 Å². The molecule has 0 atom stereocenters. The van der Waals surface area contributed by atoms with E-state index in [0.717, 1.165) is 11.5 Å². The monoisotopic (exact) mass is 259 g/mol. The van der Waals surface area contributed by atoms with Crippen LogP contribution in [-0.2, 0) is 0 Å². The average molecular weight is 259 g/mol. The van der Waals surface area contributed by atoms with Gasteiger partial charge in [0, 0.05) is 6.92 Å². The first-order valence-electron chi connectivity index (χ1n) is 6.28. The summed E-state index contributed by atoms with van der Waals surface area (Å²) in [4.78, 5) is 0. The van der Waals surface area contributed by atoms with Gasteiger partial charge in [-0.15, -0.1) is 0 Å². The summed E-state index contributed by atoms with van der Waals surface area (Å²) >= 11 is 0. The molecule has 0 heterocycles. The molecule has 2 aromatic carbocycles. The van der Waals surface area contributed by atoms with E-state index >= 15 is 0 Å². The molecular formula is C16H21NO2. The van der Waals surface area contributed by atoms with Crippen molar-refractivity contribution in [1.29, 1.82) is 0 Å². The van der Waals surface area contributed by atoms with Gasteiger partial charge in [-0.05, 0) is 38.4 Å². The highest BCUT2D eigenvalue weighted by Gasteiger charge is 2.04. The van der Waals surface area contributed by atoms with Gasteiger partial charge < -0.3 is 14.8 Å². The number of para-hydroxylation sites is 2. The molecule has 0 saturated carbocycles. The van der Waals surface area contributed by atoms with Gasteiger partial charge in [-0.1, -0.05) is 36.4 Å². The predicted molar refractivity (Wildman–Crippen MR) is 78.6 cm³/mol. The minimum atomic E-state index is -0.301. The second kappa shape index (κ2) is 9.00. The fraction of sp³-hybridized carbons (Fsp3) is 0.250. The SMILES string of the molecule is CC(Oc1ccccc1)Oc1ccccc1.CNC. The quantitative estimate of drug-likeness (QED) is 0.854. The Morgan fingerprint density at radius 3 is 1.37 bits per heavy atom. The standard InChI is InChI=1S/C14H14O2.C2H7N/c1-12(15-13-8-4-2-5-9-13)16-14-10-6-3-7-11-14;1-3-2/h2-12H,1H3;3H,1-2H3. The lowest BCUT2D eigenvalue weighted by Crippen LogP contribution is -2.19. The third kappa shape index (κ3) is 6.48. The van der Waals surface area contributed by atoms with E-state index in [9.17, 15) is 0 Å². The van der Waals surface area contributed by atoms with Gasteiger partial charge in [0.2, 0.25) is 6.29 Å². The molecule has 0 aliphatic carbocycles. The zero-order valence-corrected chi connectivity index (χ0v) is 11.7. The second-order valence-electron chi connectivity index (χ2n) is 3.93. The molecule has 0 bridgehead atoms. The van der Waals surface area contributed by atoms with Crippen molar-refractivity contribution in [2.24, 2.45) is 0 Å². The van der Waals surface area contributed by atoms with Gasteiger partial charge in [0.15, 0.2) is 0 Å². The van der Waals surface area contributed by atoms with Crippen LogP contribution in [0.15, 0.2) is 60.7 Å². The van der Waals surface area contributed by atoms with E-state index in [1.165, 1.54) is 0 Å². The first-order chi connectivity index (χ1) is 9.26. The fourth-order valence-electron chi connectivity index (χ4n) is 1.41. The normalized spacial score (nSPS) is 9.47. The molecule has 0 aromatic heterocycles. The Kier molecular flexibility index (Phi) is 7.13. The molecule has 0 aliphatic rings. The summed E-state index contributed by atoms with van der Waals surface area (Å²) in [5.41, 5.74) is 0. The Morgan fingerprint density at radius 1 is 0.737 bits per heavy atom. The van der Waals surface area contributed by atoms with Crippen LogP contribution in [0.4, 0.5) is 0 Å². The Labute approximate surface area is 115 Å². The molecule has 3 nitrogen and oxygen atoms in total. The number of rotatable bonds is 4. The lowest BCUT2D eigenvalue weighted by molar-refractivity contribution is 0.0223. The number of hydrogen-bond donors (Lipinski definition) is 1. The molecule has 0 aliphatic heterocycles. The van der Waals surface area contributed by atoms with Crippen molar-refractivity contribution in [2.45, 2.75) is 13.2 Å². The third-order valence-corrected chi connectivity index (χ3v) is 2.09. The van der Waals surface area contributed by atoms with Gasteiger partial charge >= 0.3 is 0 Å². The lowest BCUT2D eigenvalue weighted by Gasteiger charge is -2.16. The summed E-state index contributed by atoms with van der Waals surface area (Å²) in [6, 6.07) is 19.3. The molecule has 0 fully saturated rings. The van der Waals surface area contributed by atoms with E-state index in [0.29, 0.717) is 0 Å². The van der Waals surface area contributed by atoms with Gasteiger partial charge in [-0.3, -0.25) is 0 Å². The van der Waals surface area contributed by atoms with E-state index in [1.807, 2.05) is 81.7 Å². The van der Waals surface area contributed by atoms with Crippen LogP contribution < -0.4 is 14.8 Å². The fourth-order valence-corrected chi connectivity index (χ4v) is 1.41. The number of benzene rings is 2. The molecule has 1 N–H and O–H groups in total. The minimum absolute atomic E-state index is 0.301. The minimum Gasteiger partial charge on any atom is -0.455 e. The highest BCUT2D eigenvalue weighted by atomic mass is 16.7. The topological polar surface area (TPSA) is 30.5 Å². The van der Waals surface area contributed by atoms with Crippen LogP contribution in [0, 0.1) is 0 Å². The highest BCUT2D eigenvalue weighted by Crippen LogP contribution is 2.15. The van der Waals surface area contributed by atoms with Crippen LogP contribution in [0.3, 0.4) is 0 Å². The molecule has 0 unspecified atom stereocenters. The second-order valence-corrected chi connectivity index (χ2v) is 3.93. The molecule has 0 radical (unpaired) electrons. The smallest absolute Gasteiger partial charge is 0.238 e. The molecule has 3 heteroatoms. The van der Waals surface area contributed by atoms with E-state index in [1.54, 1.807) is 0 Å². The Balaban J connectivity index is 0.000000550. The van der Waals surface area contributed by atoms with Crippen molar-refractivity contribution in [2.75, 3.05) is 14.1 Å². The summed E-state index contributed by atoms with van der Waals surface area (Å²) < 4.78 is 11.2.